The van der Waals surface area contributed by atoms with E-state index < -0.39 is 18.3 Å². The van der Waals surface area contributed by atoms with E-state index >= 15 is 0 Å². The Hall–Kier alpha value is -0.0700. The minimum Gasteiger partial charge on any atom is -0.297 e. The van der Waals surface area contributed by atoms with Crippen molar-refractivity contribution in [3.8, 4) is 0 Å². The molecule has 0 N–H and O–H groups in total. The average Bonchev–Trinajstić information content (AvgIpc) is 2.33. The first kappa shape index (κ1) is 15.3. The summed E-state index contributed by atoms with van der Waals surface area (Å²) in [6.07, 6.45) is -4.56. The molecule has 0 aliphatic carbocycles. The lowest BCUT2D eigenvalue weighted by Gasteiger charge is -2.44. The second-order valence-corrected chi connectivity index (χ2v) is 6.05. The number of alkyl halides is 5. The molecule has 2 heterocycles. The fraction of sp³-hybridized carbons (Fsp3) is 1.00. The number of hydrogen-bond acceptors (Lipinski definition) is 2. The second kappa shape index (κ2) is 5.74. The molecule has 0 amide bonds. The van der Waals surface area contributed by atoms with E-state index in [2.05, 4.69) is 0 Å². The van der Waals surface area contributed by atoms with Crippen molar-refractivity contribution in [3.05, 3.63) is 0 Å². The first-order chi connectivity index (χ1) is 8.79. The molecule has 19 heavy (non-hydrogen) atoms. The summed E-state index contributed by atoms with van der Waals surface area (Å²) < 4.78 is 51.8. The van der Waals surface area contributed by atoms with Crippen LogP contribution in [0.3, 0.4) is 0 Å². The van der Waals surface area contributed by atoms with Crippen molar-refractivity contribution >= 4 is 11.6 Å². The van der Waals surface area contributed by atoms with Crippen molar-refractivity contribution in [2.75, 3.05) is 26.7 Å². The predicted octanol–water partition coefficient (Wildman–Crippen LogP) is 2.87. The third-order valence-corrected chi connectivity index (χ3v) is 4.77. The molecule has 2 nitrogen and oxygen atoms in total. The van der Waals surface area contributed by atoms with Gasteiger partial charge in [-0.2, -0.15) is 13.2 Å². The van der Waals surface area contributed by atoms with Crippen LogP contribution in [0.4, 0.5) is 17.6 Å². The number of rotatable bonds is 1. The van der Waals surface area contributed by atoms with Gasteiger partial charge in [0.15, 0.2) is 0 Å². The van der Waals surface area contributed by atoms with E-state index in [1.165, 1.54) is 0 Å². The Kier molecular flexibility index (Phi) is 4.63. The molecule has 2 saturated heterocycles. The SMILES string of the molecule is CN1CC(F)C(N2CCC(C(F)(F)F)CC2)CC1Cl. The minimum absolute atomic E-state index is 0.0650. The Morgan fingerprint density at radius 1 is 1.16 bits per heavy atom. The summed E-state index contributed by atoms with van der Waals surface area (Å²) in [6.45, 7) is 0.864. The first-order valence-electron chi connectivity index (χ1n) is 6.58. The van der Waals surface area contributed by atoms with E-state index in [0.29, 0.717) is 19.5 Å². The monoisotopic (exact) mass is 302 g/mol. The maximum Gasteiger partial charge on any atom is 0.391 e. The lowest BCUT2D eigenvalue weighted by Crippen LogP contribution is -2.56. The molecule has 7 heteroatoms. The van der Waals surface area contributed by atoms with Gasteiger partial charge in [-0.15, -0.1) is 11.6 Å². The van der Waals surface area contributed by atoms with Gasteiger partial charge in [0.1, 0.15) is 6.17 Å². The number of halogens is 5. The normalized spacial score (nSPS) is 36.6. The molecule has 3 atom stereocenters. The van der Waals surface area contributed by atoms with Gasteiger partial charge in [-0.1, -0.05) is 0 Å². The number of hydrogen-bond donors (Lipinski definition) is 0. The Morgan fingerprint density at radius 2 is 1.74 bits per heavy atom. The first-order valence-corrected chi connectivity index (χ1v) is 7.02. The summed E-state index contributed by atoms with van der Waals surface area (Å²) >= 11 is 6.10. The minimum atomic E-state index is -4.12. The van der Waals surface area contributed by atoms with E-state index in [0.717, 1.165) is 0 Å². The molecular weight excluding hydrogens is 284 g/mol. The third kappa shape index (κ3) is 3.52. The molecule has 0 bridgehead atoms. The zero-order valence-electron chi connectivity index (χ0n) is 10.8. The van der Waals surface area contributed by atoms with Gasteiger partial charge >= 0.3 is 6.18 Å². The maximum absolute atomic E-state index is 14.0. The Morgan fingerprint density at radius 3 is 2.26 bits per heavy atom. The van der Waals surface area contributed by atoms with Crippen LogP contribution in [0.1, 0.15) is 19.3 Å². The van der Waals surface area contributed by atoms with Gasteiger partial charge in [0, 0.05) is 12.6 Å². The van der Waals surface area contributed by atoms with Crippen LogP contribution in [0, 0.1) is 5.92 Å². The number of likely N-dealkylation sites (tertiary alicyclic amines) is 2. The number of nitrogens with zero attached hydrogens (tertiary/aromatic N) is 2. The van der Waals surface area contributed by atoms with Crippen LogP contribution in [-0.2, 0) is 0 Å². The molecule has 0 saturated carbocycles. The average molecular weight is 303 g/mol. The second-order valence-electron chi connectivity index (χ2n) is 5.54. The van der Waals surface area contributed by atoms with Crippen LogP contribution >= 0.6 is 11.6 Å². The summed E-state index contributed by atoms with van der Waals surface area (Å²) in [6, 6.07) is -0.340. The standard InChI is InChI=1S/C12H19ClF4N2/c1-18-7-9(14)10(6-11(18)13)19-4-2-8(3-5-19)12(15,16)17/h8-11H,2-7H2,1H3. The highest BCUT2D eigenvalue weighted by Gasteiger charge is 2.44. The van der Waals surface area contributed by atoms with Crippen molar-refractivity contribution in [2.45, 2.75) is 43.2 Å². The molecule has 2 rings (SSSR count). The van der Waals surface area contributed by atoms with Gasteiger partial charge in [-0.3, -0.25) is 9.80 Å². The van der Waals surface area contributed by atoms with E-state index in [-0.39, 0.29) is 30.9 Å². The Bertz CT molecular complexity index is 305. The van der Waals surface area contributed by atoms with Crippen LogP contribution in [-0.4, -0.2) is 60.4 Å². The highest BCUT2D eigenvalue weighted by atomic mass is 35.5. The summed E-state index contributed by atoms with van der Waals surface area (Å²) in [7, 11) is 1.76. The Labute approximate surface area is 115 Å². The van der Waals surface area contributed by atoms with Crippen LogP contribution < -0.4 is 0 Å². The molecule has 3 unspecified atom stereocenters. The van der Waals surface area contributed by atoms with Gasteiger partial charge in [0.2, 0.25) is 0 Å². The van der Waals surface area contributed by atoms with Gasteiger partial charge in [0.05, 0.1) is 11.4 Å². The molecule has 112 valence electrons. The molecule has 0 radical (unpaired) electrons. The van der Waals surface area contributed by atoms with Crippen molar-refractivity contribution in [1.82, 2.24) is 9.80 Å². The lowest BCUT2D eigenvalue weighted by atomic mass is 9.92. The van der Waals surface area contributed by atoms with Crippen molar-refractivity contribution < 1.29 is 17.6 Å². The fourth-order valence-electron chi connectivity index (χ4n) is 2.97. The van der Waals surface area contributed by atoms with Gasteiger partial charge < -0.3 is 0 Å². The highest BCUT2D eigenvalue weighted by Crippen LogP contribution is 2.36. The molecule has 0 aromatic carbocycles. The van der Waals surface area contributed by atoms with E-state index in [4.69, 9.17) is 11.6 Å². The van der Waals surface area contributed by atoms with Crippen LogP contribution in [0.15, 0.2) is 0 Å². The van der Waals surface area contributed by atoms with Crippen LogP contribution in [0.2, 0.25) is 0 Å². The summed E-state index contributed by atoms with van der Waals surface area (Å²) in [4.78, 5) is 3.58. The predicted molar refractivity (Wildman–Crippen MR) is 65.9 cm³/mol. The topological polar surface area (TPSA) is 6.48 Å². The summed E-state index contributed by atoms with van der Waals surface area (Å²) in [5.74, 6) is -1.24. The molecule has 0 aromatic heterocycles. The smallest absolute Gasteiger partial charge is 0.297 e. The zero-order chi connectivity index (χ0) is 14.2. The molecule has 2 fully saturated rings. The fourth-order valence-corrected chi connectivity index (χ4v) is 3.24. The van der Waals surface area contributed by atoms with Crippen molar-refractivity contribution in [2.24, 2.45) is 5.92 Å². The molecular formula is C12H19ClF4N2. The van der Waals surface area contributed by atoms with E-state index in [1.54, 1.807) is 11.9 Å². The third-order valence-electron chi connectivity index (χ3n) is 4.26. The summed E-state index contributed by atoms with van der Waals surface area (Å²) in [5.41, 5.74) is -0.239. The molecule has 2 aliphatic rings. The summed E-state index contributed by atoms with van der Waals surface area (Å²) in [5, 5.41) is 0. The van der Waals surface area contributed by atoms with E-state index in [1.807, 2.05) is 4.90 Å². The Balaban J connectivity index is 1.91. The van der Waals surface area contributed by atoms with Crippen LogP contribution in [0.5, 0.6) is 0 Å². The van der Waals surface area contributed by atoms with Gasteiger partial charge in [0.25, 0.3) is 0 Å². The largest absolute Gasteiger partial charge is 0.391 e. The number of piperidine rings is 2. The van der Waals surface area contributed by atoms with Crippen molar-refractivity contribution in [1.29, 1.82) is 0 Å². The molecule has 0 aromatic rings. The van der Waals surface area contributed by atoms with Crippen LogP contribution in [0.25, 0.3) is 0 Å². The van der Waals surface area contributed by atoms with Gasteiger partial charge in [-0.05, 0) is 39.4 Å². The zero-order valence-corrected chi connectivity index (χ0v) is 11.6. The van der Waals surface area contributed by atoms with Crippen molar-refractivity contribution in [3.63, 3.8) is 0 Å². The molecule has 0 spiro atoms. The molecule has 2 aliphatic heterocycles. The quantitative estimate of drug-likeness (QED) is 0.417. The highest BCUT2D eigenvalue weighted by molar-refractivity contribution is 6.20. The lowest BCUT2D eigenvalue weighted by molar-refractivity contribution is -0.187. The maximum atomic E-state index is 14.0. The van der Waals surface area contributed by atoms with Gasteiger partial charge in [-0.25, -0.2) is 4.39 Å². The van der Waals surface area contributed by atoms with E-state index in [9.17, 15) is 17.6 Å².